The molecule has 5 N–H and O–H groups in total. The summed E-state index contributed by atoms with van der Waals surface area (Å²) in [4.78, 5) is 64.9. The summed E-state index contributed by atoms with van der Waals surface area (Å²) in [5.41, 5.74) is 5.18. The molecule has 11 nitrogen and oxygen atoms in total. The van der Waals surface area contributed by atoms with Crippen LogP contribution < -0.4 is 21.1 Å². The fraction of sp³-hybridized carbons (Fsp3) is 0.621. The van der Waals surface area contributed by atoms with Gasteiger partial charge in [-0.1, -0.05) is 46.2 Å². The number of likely N-dealkylation sites (tertiary alicyclic amines) is 1. The van der Waals surface area contributed by atoms with E-state index < -0.39 is 47.2 Å². The van der Waals surface area contributed by atoms with E-state index in [2.05, 4.69) is 10.6 Å². The lowest BCUT2D eigenvalue weighted by molar-refractivity contribution is -0.144. The summed E-state index contributed by atoms with van der Waals surface area (Å²) in [6.07, 6.45) is 1.81. The first-order valence-electron chi connectivity index (χ1n) is 13.9. The Morgan fingerprint density at radius 3 is 2.45 bits per heavy atom. The largest absolute Gasteiger partial charge is 0.493 e. The minimum atomic E-state index is -1.12. The number of nitrogens with two attached hydrogens (primary N) is 1. The normalized spacial score (nSPS) is 17.4. The number of carbonyl (C=O) groups excluding carboxylic acids is 5. The number of carbonyl (C=O) groups is 5. The first kappa shape index (κ1) is 32.7. The maximum atomic E-state index is 13.7. The fourth-order valence-electron chi connectivity index (χ4n) is 4.60. The lowest BCUT2D eigenvalue weighted by Gasteiger charge is -2.35. The summed E-state index contributed by atoms with van der Waals surface area (Å²) in [5, 5.41) is 14.9. The summed E-state index contributed by atoms with van der Waals surface area (Å²) in [5.74, 6) is -2.68. The number of amides is 4. The summed E-state index contributed by atoms with van der Waals surface area (Å²) >= 11 is 0. The molecule has 0 saturated carbocycles. The fourth-order valence-corrected chi connectivity index (χ4v) is 4.60. The smallest absolute Gasteiger partial charge is 0.287 e. The Morgan fingerprint density at radius 1 is 1.15 bits per heavy atom. The van der Waals surface area contributed by atoms with E-state index in [1.807, 2.05) is 27.7 Å². The van der Waals surface area contributed by atoms with Gasteiger partial charge in [0.05, 0.1) is 25.2 Å². The second kappa shape index (κ2) is 14.8. The number of nitrogens with one attached hydrogen (secondary N) is 2. The van der Waals surface area contributed by atoms with Crippen LogP contribution in [-0.4, -0.2) is 76.8 Å². The van der Waals surface area contributed by atoms with Gasteiger partial charge in [0.1, 0.15) is 17.8 Å². The van der Waals surface area contributed by atoms with Crippen molar-refractivity contribution in [2.24, 2.45) is 11.1 Å². The van der Waals surface area contributed by atoms with Crippen molar-refractivity contribution in [3.8, 4) is 5.75 Å². The van der Waals surface area contributed by atoms with E-state index in [4.69, 9.17) is 10.5 Å². The van der Waals surface area contributed by atoms with E-state index in [1.165, 1.54) is 4.90 Å². The molecule has 222 valence electrons. The van der Waals surface area contributed by atoms with Crippen molar-refractivity contribution < 1.29 is 33.8 Å². The molecular formula is C29H44N4O7. The van der Waals surface area contributed by atoms with Crippen molar-refractivity contribution in [2.75, 3.05) is 13.2 Å². The molecule has 1 aliphatic heterocycles. The highest BCUT2D eigenvalue weighted by Gasteiger charge is 2.42. The maximum Gasteiger partial charge on any atom is 0.287 e. The van der Waals surface area contributed by atoms with Crippen molar-refractivity contribution in [2.45, 2.75) is 97.4 Å². The minimum Gasteiger partial charge on any atom is -0.493 e. The molecule has 2 rings (SSSR count). The Balaban J connectivity index is 2.12. The van der Waals surface area contributed by atoms with Crippen molar-refractivity contribution >= 4 is 29.4 Å². The molecule has 4 atom stereocenters. The molecule has 0 spiro atoms. The van der Waals surface area contributed by atoms with Crippen LogP contribution in [0.25, 0.3) is 0 Å². The van der Waals surface area contributed by atoms with Crippen LogP contribution in [-0.2, 0) is 30.4 Å². The van der Waals surface area contributed by atoms with E-state index in [0.717, 1.165) is 0 Å². The quantitative estimate of drug-likeness (QED) is 0.248. The standard InChI is InChI=1S/C29H44N4O7/c1-6-9-21(24(36)26(30)37)31-27(38)22-12-8-14-33(22)28(39)25(29(3,4)5)32-23(35)17-19-10-7-11-20(16-19)40-15-13-18(2)34/h7,10-11,16,18,21-22,25,34H,6,8-9,12-15,17H2,1-5H3,(H2,30,37)(H,31,38)(H,32,35)/t18-,21?,22+,25-/m1/s1. The van der Waals surface area contributed by atoms with Crippen molar-refractivity contribution in [1.29, 1.82) is 0 Å². The van der Waals surface area contributed by atoms with Gasteiger partial charge >= 0.3 is 0 Å². The van der Waals surface area contributed by atoms with E-state index in [9.17, 15) is 29.1 Å². The van der Waals surface area contributed by atoms with Crippen LogP contribution in [0.3, 0.4) is 0 Å². The van der Waals surface area contributed by atoms with Gasteiger partial charge < -0.3 is 31.1 Å². The minimum absolute atomic E-state index is 0.0192. The van der Waals surface area contributed by atoms with Crippen LogP contribution in [0.4, 0.5) is 0 Å². The average Bonchev–Trinajstić information content (AvgIpc) is 3.36. The van der Waals surface area contributed by atoms with Crippen LogP contribution in [0.2, 0.25) is 0 Å². The molecule has 0 radical (unpaired) electrons. The van der Waals surface area contributed by atoms with Gasteiger partial charge in [-0.3, -0.25) is 24.0 Å². The summed E-state index contributed by atoms with van der Waals surface area (Å²) < 4.78 is 5.65. The molecule has 1 aromatic carbocycles. The number of primary amides is 1. The predicted molar refractivity (Wildman–Crippen MR) is 149 cm³/mol. The molecule has 0 bridgehead atoms. The third kappa shape index (κ3) is 9.62. The second-order valence-electron chi connectivity index (χ2n) is 11.4. The topological polar surface area (TPSA) is 168 Å². The zero-order valence-electron chi connectivity index (χ0n) is 24.2. The van der Waals surface area contributed by atoms with Gasteiger partial charge in [0.2, 0.25) is 23.5 Å². The van der Waals surface area contributed by atoms with E-state index in [0.29, 0.717) is 50.1 Å². The molecule has 0 aliphatic carbocycles. The van der Waals surface area contributed by atoms with E-state index in [1.54, 1.807) is 31.2 Å². The Kier molecular flexibility index (Phi) is 12.1. The molecule has 1 fully saturated rings. The monoisotopic (exact) mass is 560 g/mol. The predicted octanol–water partition coefficient (Wildman–Crippen LogP) is 1.24. The number of nitrogens with zero attached hydrogens (tertiary/aromatic N) is 1. The zero-order valence-corrected chi connectivity index (χ0v) is 24.2. The first-order chi connectivity index (χ1) is 18.7. The highest BCUT2D eigenvalue weighted by atomic mass is 16.5. The number of Topliss-reactive ketones (excluding diaryl/α,β-unsaturated/α-hetero) is 1. The Bertz CT molecular complexity index is 1070. The molecule has 11 heteroatoms. The highest BCUT2D eigenvalue weighted by molar-refractivity contribution is 6.37. The number of hydrogen-bond acceptors (Lipinski definition) is 7. The summed E-state index contributed by atoms with van der Waals surface area (Å²) in [7, 11) is 0. The number of aliphatic hydroxyl groups excluding tert-OH is 1. The number of rotatable bonds is 14. The molecule has 1 aliphatic rings. The van der Waals surface area contributed by atoms with Crippen molar-refractivity contribution in [3.05, 3.63) is 29.8 Å². The van der Waals surface area contributed by atoms with Crippen LogP contribution in [0, 0.1) is 5.41 Å². The van der Waals surface area contributed by atoms with Gasteiger partial charge in [-0.25, -0.2) is 0 Å². The number of ether oxygens (including phenoxy) is 1. The molecule has 1 aromatic rings. The van der Waals surface area contributed by atoms with Gasteiger partial charge in [0.25, 0.3) is 5.91 Å². The maximum absolute atomic E-state index is 13.7. The zero-order chi connectivity index (χ0) is 30.0. The van der Waals surface area contributed by atoms with Gasteiger partial charge in [0, 0.05) is 13.0 Å². The molecule has 1 unspecified atom stereocenters. The Hall–Kier alpha value is -3.47. The number of hydrogen-bond donors (Lipinski definition) is 4. The molecular weight excluding hydrogens is 516 g/mol. The number of benzene rings is 1. The van der Waals surface area contributed by atoms with Crippen LogP contribution in [0.1, 0.15) is 72.3 Å². The summed E-state index contributed by atoms with van der Waals surface area (Å²) in [6.45, 7) is 9.67. The highest BCUT2D eigenvalue weighted by Crippen LogP contribution is 2.26. The van der Waals surface area contributed by atoms with Gasteiger partial charge in [0.15, 0.2) is 0 Å². The lowest BCUT2D eigenvalue weighted by atomic mass is 9.85. The molecule has 4 amide bonds. The summed E-state index contributed by atoms with van der Waals surface area (Å²) in [6, 6.07) is 4.30. The average molecular weight is 561 g/mol. The van der Waals surface area contributed by atoms with E-state index >= 15 is 0 Å². The van der Waals surface area contributed by atoms with E-state index in [-0.39, 0.29) is 24.7 Å². The molecule has 1 saturated heterocycles. The van der Waals surface area contributed by atoms with Gasteiger partial charge in [-0.15, -0.1) is 0 Å². The number of aliphatic hydroxyl groups is 1. The SMILES string of the molecule is CCCC(NC(=O)[C@@H]1CCCN1C(=O)[C@@H](NC(=O)Cc1cccc(OCC[C@@H](C)O)c1)C(C)(C)C)C(=O)C(N)=O. The van der Waals surface area contributed by atoms with Gasteiger partial charge in [-0.05, 0) is 49.3 Å². The van der Waals surface area contributed by atoms with Crippen LogP contribution in [0.15, 0.2) is 24.3 Å². The van der Waals surface area contributed by atoms with Crippen molar-refractivity contribution in [3.63, 3.8) is 0 Å². The van der Waals surface area contributed by atoms with Crippen molar-refractivity contribution in [1.82, 2.24) is 15.5 Å². The third-order valence-corrected chi connectivity index (χ3v) is 6.78. The first-order valence-corrected chi connectivity index (χ1v) is 13.9. The Morgan fingerprint density at radius 2 is 1.85 bits per heavy atom. The molecule has 40 heavy (non-hydrogen) atoms. The number of ketones is 1. The van der Waals surface area contributed by atoms with Gasteiger partial charge in [-0.2, -0.15) is 0 Å². The van der Waals surface area contributed by atoms with Crippen LogP contribution >= 0.6 is 0 Å². The molecule has 0 aromatic heterocycles. The second-order valence-corrected chi connectivity index (χ2v) is 11.4. The lowest BCUT2D eigenvalue weighted by Crippen LogP contribution is -2.59. The Labute approximate surface area is 236 Å². The molecule has 1 heterocycles. The third-order valence-electron chi connectivity index (χ3n) is 6.78. The van der Waals surface area contributed by atoms with Crippen LogP contribution in [0.5, 0.6) is 5.75 Å².